The Balaban J connectivity index is 1.95. The van der Waals surface area contributed by atoms with Crippen LogP contribution in [0.1, 0.15) is 21.5 Å². The molecule has 18 heavy (non-hydrogen) atoms. The van der Waals surface area contributed by atoms with Crippen LogP contribution in [0.4, 0.5) is 0 Å². The first-order valence-corrected chi connectivity index (χ1v) is 6.20. The first-order chi connectivity index (χ1) is 8.70. The van der Waals surface area contributed by atoms with Crippen molar-refractivity contribution < 1.29 is 14.3 Å². The third-order valence-corrected chi connectivity index (χ3v) is 3.14. The van der Waals surface area contributed by atoms with Crippen molar-refractivity contribution in [1.29, 1.82) is 0 Å². The fraction of sp³-hybridized carbons (Fsp3) is 0.154. The van der Waals surface area contributed by atoms with Gasteiger partial charge in [0.1, 0.15) is 0 Å². The van der Waals surface area contributed by atoms with E-state index in [0.29, 0.717) is 16.8 Å². The molecule has 0 fully saturated rings. The van der Waals surface area contributed by atoms with Gasteiger partial charge in [0.15, 0.2) is 4.67 Å². The molecule has 2 N–H and O–H groups in total. The Hall–Kier alpha value is -1.59. The maximum Gasteiger partial charge on any atom is 0.256 e. The molecule has 0 aliphatic rings. The lowest BCUT2D eigenvalue weighted by atomic mass is 10.1. The fourth-order valence-corrected chi connectivity index (χ4v) is 1.92. The number of furan rings is 1. The van der Waals surface area contributed by atoms with Crippen LogP contribution in [0.3, 0.4) is 0 Å². The topological polar surface area (TPSA) is 62.5 Å². The first-order valence-electron chi connectivity index (χ1n) is 5.40. The van der Waals surface area contributed by atoms with E-state index in [4.69, 9.17) is 9.52 Å². The molecule has 94 valence electrons. The van der Waals surface area contributed by atoms with E-state index in [1.165, 1.54) is 6.26 Å². The summed E-state index contributed by atoms with van der Waals surface area (Å²) in [6, 6.07) is 9.01. The third kappa shape index (κ3) is 3.00. The second-order valence-electron chi connectivity index (χ2n) is 3.77. The Morgan fingerprint density at radius 2 is 1.89 bits per heavy atom. The Labute approximate surface area is 113 Å². The van der Waals surface area contributed by atoms with Crippen LogP contribution >= 0.6 is 15.9 Å². The predicted molar refractivity (Wildman–Crippen MR) is 69.9 cm³/mol. The van der Waals surface area contributed by atoms with E-state index in [-0.39, 0.29) is 12.5 Å². The number of carbonyl (C=O) groups excluding carboxylic acids is 1. The van der Waals surface area contributed by atoms with Gasteiger partial charge in [0.25, 0.3) is 5.91 Å². The van der Waals surface area contributed by atoms with Gasteiger partial charge in [-0.15, -0.1) is 0 Å². The zero-order valence-corrected chi connectivity index (χ0v) is 11.1. The summed E-state index contributed by atoms with van der Waals surface area (Å²) in [7, 11) is 0. The molecule has 1 aromatic carbocycles. The van der Waals surface area contributed by atoms with Crippen LogP contribution in [0.5, 0.6) is 0 Å². The van der Waals surface area contributed by atoms with E-state index in [1.807, 2.05) is 24.3 Å². The van der Waals surface area contributed by atoms with Crippen LogP contribution in [0.25, 0.3) is 0 Å². The Kier molecular flexibility index (Phi) is 4.17. The normalized spacial score (nSPS) is 10.3. The zero-order chi connectivity index (χ0) is 13.0. The van der Waals surface area contributed by atoms with Gasteiger partial charge in [0.2, 0.25) is 0 Å². The number of rotatable bonds is 4. The smallest absolute Gasteiger partial charge is 0.256 e. The van der Waals surface area contributed by atoms with Gasteiger partial charge >= 0.3 is 0 Å². The van der Waals surface area contributed by atoms with Crippen LogP contribution in [0.2, 0.25) is 0 Å². The Morgan fingerprint density at radius 1 is 1.22 bits per heavy atom. The highest BCUT2D eigenvalue weighted by molar-refractivity contribution is 9.10. The Bertz CT molecular complexity index is 533. The molecule has 0 spiro atoms. The number of hydrogen-bond donors (Lipinski definition) is 2. The number of hydrogen-bond acceptors (Lipinski definition) is 3. The van der Waals surface area contributed by atoms with Crippen LogP contribution in [-0.2, 0) is 13.2 Å². The van der Waals surface area contributed by atoms with Gasteiger partial charge < -0.3 is 14.8 Å². The third-order valence-electron chi connectivity index (χ3n) is 2.52. The molecule has 0 saturated heterocycles. The number of aliphatic hydroxyl groups excluding tert-OH is 1. The average molecular weight is 310 g/mol. The molecule has 4 nitrogen and oxygen atoms in total. The van der Waals surface area contributed by atoms with Gasteiger partial charge in [-0.1, -0.05) is 24.3 Å². The predicted octanol–water partition coefficient (Wildman–Crippen LogP) is 2.46. The number of benzene rings is 1. The molecule has 5 heteroatoms. The van der Waals surface area contributed by atoms with Crippen LogP contribution in [-0.4, -0.2) is 11.0 Å². The lowest BCUT2D eigenvalue weighted by molar-refractivity contribution is 0.0949. The lowest BCUT2D eigenvalue weighted by Gasteiger charge is -2.05. The number of halogens is 1. The van der Waals surface area contributed by atoms with Gasteiger partial charge in [-0.25, -0.2) is 0 Å². The molecule has 0 aliphatic carbocycles. The molecular formula is C13H12BrNO3. The standard InChI is InChI=1S/C13H12BrNO3/c14-12-11(5-6-18-12)13(17)15-7-9-1-3-10(8-16)4-2-9/h1-6,16H,7-8H2,(H,15,17). The molecule has 0 atom stereocenters. The Morgan fingerprint density at radius 3 is 2.44 bits per heavy atom. The minimum absolute atomic E-state index is 0.0224. The summed E-state index contributed by atoms with van der Waals surface area (Å²) in [4.78, 5) is 11.8. The van der Waals surface area contributed by atoms with Crippen LogP contribution in [0.15, 0.2) is 45.7 Å². The SMILES string of the molecule is O=C(NCc1ccc(CO)cc1)c1ccoc1Br. The van der Waals surface area contributed by atoms with Crippen LogP contribution in [0, 0.1) is 0 Å². The highest BCUT2D eigenvalue weighted by atomic mass is 79.9. The largest absolute Gasteiger partial charge is 0.457 e. The molecule has 0 radical (unpaired) electrons. The van der Waals surface area contributed by atoms with E-state index >= 15 is 0 Å². The van der Waals surface area contributed by atoms with Crippen molar-refractivity contribution in [3.8, 4) is 0 Å². The monoisotopic (exact) mass is 309 g/mol. The quantitative estimate of drug-likeness (QED) is 0.912. The summed E-state index contributed by atoms with van der Waals surface area (Å²) >= 11 is 3.16. The number of aliphatic hydroxyl groups is 1. The first kappa shape index (κ1) is 12.9. The fourth-order valence-electron chi connectivity index (χ4n) is 1.50. The van der Waals surface area contributed by atoms with Gasteiger partial charge in [-0.3, -0.25) is 4.79 Å². The zero-order valence-electron chi connectivity index (χ0n) is 9.52. The van der Waals surface area contributed by atoms with Crippen molar-refractivity contribution in [2.45, 2.75) is 13.2 Å². The maximum atomic E-state index is 11.8. The molecule has 0 saturated carbocycles. The van der Waals surface area contributed by atoms with Crippen molar-refractivity contribution in [3.05, 3.63) is 58.0 Å². The molecular weight excluding hydrogens is 298 g/mol. The molecule has 1 amide bonds. The van der Waals surface area contributed by atoms with E-state index in [9.17, 15) is 4.79 Å². The van der Waals surface area contributed by atoms with E-state index < -0.39 is 0 Å². The molecule has 1 aromatic heterocycles. The van der Waals surface area contributed by atoms with E-state index in [2.05, 4.69) is 21.2 Å². The molecule has 2 aromatic rings. The van der Waals surface area contributed by atoms with E-state index in [1.54, 1.807) is 6.07 Å². The van der Waals surface area contributed by atoms with Gasteiger partial charge in [-0.2, -0.15) is 0 Å². The second kappa shape index (κ2) is 5.84. The minimum Gasteiger partial charge on any atom is -0.457 e. The van der Waals surface area contributed by atoms with Gasteiger partial charge in [0, 0.05) is 6.54 Å². The van der Waals surface area contributed by atoms with Gasteiger partial charge in [0.05, 0.1) is 18.4 Å². The molecule has 0 aliphatic heterocycles. The highest BCUT2D eigenvalue weighted by Crippen LogP contribution is 2.17. The van der Waals surface area contributed by atoms with Crippen molar-refractivity contribution in [3.63, 3.8) is 0 Å². The van der Waals surface area contributed by atoms with Crippen molar-refractivity contribution in [2.24, 2.45) is 0 Å². The molecule has 0 bridgehead atoms. The molecule has 2 rings (SSSR count). The highest BCUT2D eigenvalue weighted by Gasteiger charge is 2.11. The molecule has 1 heterocycles. The summed E-state index contributed by atoms with van der Waals surface area (Å²) in [6.45, 7) is 0.455. The summed E-state index contributed by atoms with van der Waals surface area (Å²) in [6.07, 6.45) is 1.45. The maximum absolute atomic E-state index is 11.8. The number of nitrogens with one attached hydrogen (secondary N) is 1. The summed E-state index contributed by atoms with van der Waals surface area (Å²) in [5.41, 5.74) is 2.30. The minimum atomic E-state index is -0.193. The molecule has 0 unspecified atom stereocenters. The van der Waals surface area contributed by atoms with Crippen molar-refractivity contribution in [1.82, 2.24) is 5.32 Å². The summed E-state index contributed by atoms with van der Waals surface area (Å²) < 4.78 is 5.42. The second-order valence-corrected chi connectivity index (χ2v) is 4.49. The number of carbonyl (C=O) groups is 1. The van der Waals surface area contributed by atoms with Gasteiger partial charge in [-0.05, 0) is 33.1 Å². The average Bonchev–Trinajstić information content (AvgIpc) is 2.83. The van der Waals surface area contributed by atoms with Crippen LogP contribution < -0.4 is 5.32 Å². The van der Waals surface area contributed by atoms with E-state index in [0.717, 1.165) is 11.1 Å². The lowest BCUT2D eigenvalue weighted by Crippen LogP contribution is -2.22. The number of amides is 1. The summed E-state index contributed by atoms with van der Waals surface area (Å²) in [5, 5.41) is 11.7. The van der Waals surface area contributed by atoms with Crippen molar-refractivity contribution >= 4 is 21.8 Å². The van der Waals surface area contributed by atoms with Crippen molar-refractivity contribution in [2.75, 3.05) is 0 Å². The summed E-state index contributed by atoms with van der Waals surface area (Å²) in [5.74, 6) is -0.193.